The quantitative estimate of drug-likeness (QED) is 0.199. The third-order valence-electron chi connectivity index (χ3n) is 20.5. The van der Waals surface area contributed by atoms with Crippen LogP contribution in [-0.2, 0) is 16.1 Å². The molecule has 0 radical (unpaired) electrons. The van der Waals surface area contributed by atoms with Crippen LogP contribution < -0.4 is 0 Å². The number of Topliss-reactive ketones (excluding diaryl/α,β-unsaturated/α-hetero) is 2. The fourth-order valence-corrected chi connectivity index (χ4v) is 17.6. The fourth-order valence-electron chi connectivity index (χ4n) is 17.2. The van der Waals surface area contributed by atoms with Gasteiger partial charge in [-0.3, -0.25) is 9.59 Å². The molecule has 11 heteroatoms. The Morgan fingerprint density at radius 1 is 0.723 bits per heavy atom. The van der Waals surface area contributed by atoms with Crippen molar-refractivity contribution >= 4 is 33.4 Å². The van der Waals surface area contributed by atoms with E-state index in [4.69, 9.17) is 6.57 Å². The summed E-state index contributed by atoms with van der Waals surface area (Å²) in [6.45, 7) is 20.6. The third-order valence-corrected chi connectivity index (χ3v) is 21.1. The summed E-state index contributed by atoms with van der Waals surface area (Å²) in [7, 11) is 0. The highest BCUT2D eigenvalue weighted by atomic mass is 79.9. The SMILES string of the molecule is C.C.C[C@@]1(O)CC[C@@]2(C)[C@@H](CC[C@@H]3[C@@H]2CC[C@]2(C)[C@@H](C(=O)CBr)CC[C@@H]32)C1.C[C@@]1(O)CC[C@@]2(C)[C@@H](CC[C@@H]3[C@@H]2CC[C@]2(C)[C@@H](C(=O)Cn4ccnc4C#N)CC[C@@H]32)C1.[C-]#[N+]c1ncc[nH]1. The van der Waals surface area contributed by atoms with Crippen molar-refractivity contribution in [2.24, 2.45) is 80.8 Å². The molecule has 2 heterocycles. The molecule has 65 heavy (non-hydrogen) atoms. The van der Waals surface area contributed by atoms with E-state index in [-0.39, 0.29) is 49.8 Å². The smallest absolute Gasteiger partial charge is 0.336 e. The molecule has 0 aliphatic heterocycles. The number of nitrogens with one attached hydrogen (secondary N) is 1. The van der Waals surface area contributed by atoms with Crippen LogP contribution in [0.5, 0.6) is 0 Å². The molecule has 8 aliphatic carbocycles. The maximum Gasteiger partial charge on any atom is 0.336 e. The number of ketones is 2. The summed E-state index contributed by atoms with van der Waals surface area (Å²) in [5.41, 5.74) is 0.184. The second-order valence-electron chi connectivity index (χ2n) is 23.6. The van der Waals surface area contributed by atoms with Crippen LogP contribution in [0.3, 0.4) is 0 Å². The largest absolute Gasteiger partial charge is 0.397 e. The molecule has 16 atom stereocenters. The van der Waals surface area contributed by atoms with Gasteiger partial charge in [-0.1, -0.05) is 58.5 Å². The monoisotopic (exact) mass is 959 g/mol. The van der Waals surface area contributed by atoms with Crippen molar-refractivity contribution in [2.45, 2.75) is 190 Å². The molecule has 2 aromatic rings. The highest BCUT2D eigenvalue weighted by Crippen LogP contribution is 2.70. The Bertz CT molecular complexity index is 2070. The zero-order valence-corrected chi connectivity index (χ0v) is 40.6. The molecule has 0 saturated heterocycles. The van der Waals surface area contributed by atoms with Gasteiger partial charge in [0.15, 0.2) is 5.78 Å². The number of alkyl halides is 1. The number of imidazole rings is 2. The summed E-state index contributed by atoms with van der Waals surface area (Å²) in [6.07, 6.45) is 27.3. The average Bonchev–Trinajstić information content (AvgIpc) is 4.07. The zero-order valence-electron chi connectivity index (χ0n) is 39.0. The lowest BCUT2D eigenvalue weighted by atomic mass is 9.44. The maximum absolute atomic E-state index is 13.4. The van der Waals surface area contributed by atoms with Crippen molar-refractivity contribution in [1.82, 2.24) is 19.5 Å². The van der Waals surface area contributed by atoms with Gasteiger partial charge in [-0.2, -0.15) is 10.2 Å². The van der Waals surface area contributed by atoms with E-state index in [1.807, 2.05) is 13.8 Å². The van der Waals surface area contributed by atoms with Crippen LogP contribution in [0, 0.1) is 98.7 Å². The number of carbonyl (C=O) groups excluding carboxylic acids is 2. The highest BCUT2D eigenvalue weighted by molar-refractivity contribution is 9.09. The second-order valence-corrected chi connectivity index (χ2v) is 24.2. The van der Waals surface area contributed by atoms with E-state index in [1.165, 1.54) is 64.2 Å². The number of H-pyrrole nitrogens is 1. The van der Waals surface area contributed by atoms with Crippen molar-refractivity contribution in [3.05, 3.63) is 42.0 Å². The summed E-state index contributed by atoms with van der Waals surface area (Å²) < 4.78 is 1.71. The first kappa shape index (κ1) is 51.5. The van der Waals surface area contributed by atoms with Gasteiger partial charge in [0.1, 0.15) is 18.0 Å². The Balaban J connectivity index is 0.000000185. The molecule has 0 spiro atoms. The number of nitrogens with zero attached hydrogens (tertiary/aromatic N) is 5. The summed E-state index contributed by atoms with van der Waals surface area (Å²) in [4.78, 5) is 39.2. The number of carbonyl (C=O) groups is 2. The molecule has 2 aromatic heterocycles. The van der Waals surface area contributed by atoms with E-state index in [1.54, 1.807) is 29.4 Å². The molecule has 0 unspecified atom stereocenters. The molecule has 0 bridgehead atoms. The van der Waals surface area contributed by atoms with Gasteiger partial charge >= 0.3 is 5.95 Å². The standard InChI is InChI=1S/C26H37N3O2.C22H35BrO2.C4H3N3.2CH4/c1-24(31)10-11-25(2)17(14-24)4-5-18-19-6-7-21(26(19,3)9-8-20(18)25)22(30)16-29-13-12-28-23(29)15-27;1-20(25)10-11-21(2)14(12-20)4-5-15-16-6-7-18(19(24)13-23)22(16,3)9-8-17(15)21;1-5-4-6-2-3-7-4;;/h12-13,17-21,31H,4-11,14,16H2,1-3H3;14-18,25H,4-13H2,1-3H3;2-3H,(H,6,7);2*1H4/t17-,18-,19-,20-,21+,24+,25-,26-;14-,15-,16-,17-,18+,20+,21-,22-;;;/m00.../s1. The predicted octanol–water partition coefficient (Wildman–Crippen LogP) is 12.3. The van der Waals surface area contributed by atoms with E-state index in [0.717, 1.165) is 81.0 Å². The minimum Gasteiger partial charge on any atom is -0.397 e. The third kappa shape index (κ3) is 9.24. The number of fused-ring (bicyclic) bond motifs is 10. The summed E-state index contributed by atoms with van der Waals surface area (Å²) >= 11 is 3.43. The van der Waals surface area contributed by atoms with Crippen LogP contribution in [0.1, 0.15) is 178 Å². The van der Waals surface area contributed by atoms with Crippen molar-refractivity contribution in [1.29, 1.82) is 5.26 Å². The number of aliphatic hydroxyl groups is 2. The number of rotatable bonds is 5. The lowest BCUT2D eigenvalue weighted by Crippen LogP contribution is -2.55. The van der Waals surface area contributed by atoms with Gasteiger partial charge in [0, 0.05) is 24.2 Å². The van der Waals surface area contributed by atoms with Crippen LogP contribution in [0.15, 0.2) is 24.8 Å². The Morgan fingerprint density at radius 3 is 1.65 bits per heavy atom. The van der Waals surface area contributed by atoms with Gasteiger partial charge in [0.05, 0.1) is 29.3 Å². The Kier molecular flexibility index (Phi) is 15.3. The Labute approximate surface area is 400 Å². The molecule has 0 aromatic carbocycles. The normalized spacial score (nSPS) is 44.2. The first-order valence-electron chi connectivity index (χ1n) is 24.7. The van der Waals surface area contributed by atoms with Crippen LogP contribution in [0.2, 0.25) is 0 Å². The maximum atomic E-state index is 13.4. The van der Waals surface area contributed by atoms with Crippen molar-refractivity contribution in [3.63, 3.8) is 0 Å². The zero-order chi connectivity index (χ0) is 45.2. The van der Waals surface area contributed by atoms with E-state index in [9.17, 15) is 25.1 Å². The minimum atomic E-state index is -0.485. The lowest BCUT2D eigenvalue weighted by Gasteiger charge is -2.61. The second kappa shape index (κ2) is 19.3. The minimum absolute atomic E-state index is 0. The Morgan fingerprint density at radius 2 is 1.22 bits per heavy atom. The van der Waals surface area contributed by atoms with E-state index < -0.39 is 11.2 Å². The fraction of sp³-hybridized carbons (Fsp3) is 0.815. The van der Waals surface area contributed by atoms with Crippen LogP contribution in [-0.4, -0.2) is 57.8 Å². The molecule has 8 aliphatic rings. The van der Waals surface area contributed by atoms with Crippen molar-refractivity contribution in [3.8, 4) is 6.07 Å². The summed E-state index contributed by atoms with van der Waals surface area (Å²) in [5.74, 6) is 7.62. The first-order valence-corrected chi connectivity index (χ1v) is 25.8. The van der Waals surface area contributed by atoms with E-state index >= 15 is 0 Å². The molecule has 0 amide bonds. The lowest BCUT2D eigenvalue weighted by molar-refractivity contribution is -0.151. The van der Waals surface area contributed by atoms with Gasteiger partial charge in [-0.05, 0) is 198 Å². The molecule has 10 nitrogen and oxygen atoms in total. The number of aromatic amines is 1. The molecule has 8 fully saturated rings. The topological polar surface area (TPSA) is 149 Å². The predicted molar refractivity (Wildman–Crippen MR) is 261 cm³/mol. The van der Waals surface area contributed by atoms with E-state index in [2.05, 4.69) is 69.5 Å². The van der Waals surface area contributed by atoms with Gasteiger partial charge in [0.2, 0.25) is 5.82 Å². The Hall–Kier alpha value is -2.86. The van der Waals surface area contributed by atoms with Gasteiger partial charge in [-0.15, -0.1) is 6.57 Å². The molecule has 3 N–H and O–H groups in total. The van der Waals surface area contributed by atoms with Crippen LogP contribution >= 0.6 is 15.9 Å². The van der Waals surface area contributed by atoms with Crippen LogP contribution in [0.4, 0.5) is 5.95 Å². The number of hydrogen-bond acceptors (Lipinski definition) is 7. The average molecular weight is 960 g/mol. The van der Waals surface area contributed by atoms with Crippen molar-refractivity contribution < 1.29 is 19.8 Å². The molecule has 8 saturated carbocycles. The molecule has 10 rings (SSSR count). The van der Waals surface area contributed by atoms with E-state index in [0.29, 0.717) is 51.5 Å². The first-order chi connectivity index (χ1) is 29.8. The van der Waals surface area contributed by atoms with Gasteiger partial charge in [0.25, 0.3) is 0 Å². The number of hydrogen-bond donors (Lipinski definition) is 3. The van der Waals surface area contributed by atoms with Crippen molar-refractivity contribution in [2.75, 3.05) is 5.33 Å². The van der Waals surface area contributed by atoms with Gasteiger partial charge < -0.3 is 24.6 Å². The number of aromatic nitrogens is 4. The summed E-state index contributed by atoms with van der Waals surface area (Å²) in [6, 6.07) is 2.09. The van der Waals surface area contributed by atoms with Gasteiger partial charge in [-0.25, -0.2) is 4.98 Å². The van der Waals surface area contributed by atoms with Crippen LogP contribution in [0.25, 0.3) is 4.85 Å². The molecule has 360 valence electrons. The number of halogens is 1. The highest BCUT2D eigenvalue weighted by Gasteiger charge is 2.63. The summed E-state index contributed by atoms with van der Waals surface area (Å²) in [5, 5.41) is 31.1. The molecular formula is C54H83BrN6O4. The molecular weight excluding hydrogens is 877 g/mol. The number of nitriles is 1.